The minimum absolute atomic E-state index is 0.0257. The molecule has 2 amide bonds. The molecule has 7 nitrogen and oxygen atoms in total. The zero-order valence-electron chi connectivity index (χ0n) is 22.8. The summed E-state index contributed by atoms with van der Waals surface area (Å²) in [6.45, 7) is 3.78. The van der Waals surface area contributed by atoms with E-state index in [0.717, 1.165) is 29.0 Å². The van der Waals surface area contributed by atoms with E-state index in [1.54, 1.807) is 12.1 Å². The number of hydrogen-bond acceptors (Lipinski definition) is 5. The van der Waals surface area contributed by atoms with Gasteiger partial charge in [0.05, 0.1) is 27.4 Å². The number of halogens is 3. The Labute approximate surface area is 244 Å². The molecule has 0 spiro atoms. The number of rotatable bonds is 11. The van der Waals surface area contributed by atoms with Crippen LogP contribution in [0.25, 0.3) is 10.4 Å². The summed E-state index contributed by atoms with van der Waals surface area (Å²) in [6.07, 6.45) is 0.908. The molecule has 11 heteroatoms. The molecule has 4 rings (SSSR count). The zero-order valence-corrected chi connectivity index (χ0v) is 23.7. The van der Waals surface area contributed by atoms with Gasteiger partial charge in [0, 0.05) is 17.0 Å². The fraction of sp³-hybridized carbons (Fsp3) is 0.226. The van der Waals surface area contributed by atoms with Crippen LogP contribution in [-0.2, 0) is 25.8 Å². The van der Waals surface area contributed by atoms with Crippen LogP contribution in [0.3, 0.4) is 0 Å². The lowest BCUT2D eigenvalue weighted by atomic mass is 9.91. The maximum Gasteiger partial charge on any atom is 0.338 e. The quantitative estimate of drug-likeness (QED) is 0.198. The van der Waals surface area contributed by atoms with Gasteiger partial charge in [-0.1, -0.05) is 32.0 Å². The molecule has 0 unspecified atom stereocenters. The van der Waals surface area contributed by atoms with Crippen LogP contribution in [-0.4, -0.2) is 27.9 Å². The van der Waals surface area contributed by atoms with Crippen molar-refractivity contribution in [2.75, 3.05) is 0 Å². The zero-order chi connectivity index (χ0) is 30.6. The molecule has 0 aliphatic heterocycles. The summed E-state index contributed by atoms with van der Waals surface area (Å²) in [5.74, 6) is -5.06. The van der Waals surface area contributed by atoms with Crippen molar-refractivity contribution in [1.82, 2.24) is 10.3 Å². The summed E-state index contributed by atoms with van der Waals surface area (Å²) in [6, 6.07) is 12.2. The van der Waals surface area contributed by atoms with E-state index in [1.165, 1.54) is 30.3 Å². The average molecular weight is 596 g/mol. The molecule has 2 heterocycles. The van der Waals surface area contributed by atoms with E-state index >= 15 is 0 Å². The molecule has 0 bridgehead atoms. The third-order valence-corrected chi connectivity index (χ3v) is 7.59. The number of carbonyl (C=O) groups excluding carboxylic acids is 2. The Kier molecular flexibility index (Phi) is 9.41. The molecule has 0 saturated heterocycles. The monoisotopic (exact) mass is 595 g/mol. The van der Waals surface area contributed by atoms with Crippen molar-refractivity contribution in [3.63, 3.8) is 0 Å². The second kappa shape index (κ2) is 13.0. The van der Waals surface area contributed by atoms with E-state index in [1.807, 2.05) is 13.8 Å². The van der Waals surface area contributed by atoms with Gasteiger partial charge in [-0.15, -0.1) is 11.3 Å². The Bertz CT molecular complexity index is 1650. The molecular weight excluding hydrogens is 567 g/mol. The number of carboxylic acid groups (broad SMARTS) is 1. The van der Waals surface area contributed by atoms with Crippen LogP contribution in [0.4, 0.5) is 13.2 Å². The van der Waals surface area contributed by atoms with Crippen LogP contribution in [0.2, 0.25) is 0 Å². The van der Waals surface area contributed by atoms with E-state index in [0.29, 0.717) is 29.0 Å². The predicted molar refractivity (Wildman–Crippen MR) is 153 cm³/mol. The Morgan fingerprint density at radius 3 is 2.21 bits per heavy atom. The summed E-state index contributed by atoms with van der Waals surface area (Å²) >= 11 is 0.964. The van der Waals surface area contributed by atoms with Gasteiger partial charge in [-0.25, -0.2) is 18.0 Å². The van der Waals surface area contributed by atoms with Crippen molar-refractivity contribution in [1.29, 1.82) is 0 Å². The van der Waals surface area contributed by atoms with Crippen molar-refractivity contribution >= 4 is 29.1 Å². The number of aryl methyl sites for hydroxylation is 2. The average Bonchev–Trinajstić information content (AvgIpc) is 3.42. The van der Waals surface area contributed by atoms with E-state index in [9.17, 15) is 32.7 Å². The lowest BCUT2D eigenvalue weighted by Crippen LogP contribution is -2.22. The van der Waals surface area contributed by atoms with Gasteiger partial charge >= 0.3 is 5.97 Å². The highest BCUT2D eigenvalue weighted by Gasteiger charge is 2.29. The molecule has 0 aliphatic rings. The standard InChI is InChI=1S/C31H28F3N3O4S/c1-16(2)13-23-26(29(35)38)28(27(31(40)41)22(37-23)10-6-17-3-7-19(32)8-4-17)24-11-12-25(42-24)30(39)36-15-18-5-9-20(33)21(34)14-18/h3-5,7-9,11-12,14,16H,6,10,13,15H2,1-2H3,(H2,35,38)(H,36,39)(H,40,41). The molecule has 2 aromatic heterocycles. The van der Waals surface area contributed by atoms with Crippen LogP contribution in [0.1, 0.15) is 66.7 Å². The van der Waals surface area contributed by atoms with Gasteiger partial charge < -0.3 is 16.2 Å². The Morgan fingerprint density at radius 1 is 0.905 bits per heavy atom. The number of aromatic nitrogens is 1. The van der Waals surface area contributed by atoms with Crippen LogP contribution in [0, 0.1) is 23.4 Å². The number of carboxylic acids is 1. The smallest absolute Gasteiger partial charge is 0.338 e. The van der Waals surface area contributed by atoms with Gasteiger partial charge in [0.1, 0.15) is 5.82 Å². The van der Waals surface area contributed by atoms with Crippen molar-refractivity contribution in [3.05, 3.63) is 111 Å². The predicted octanol–water partition coefficient (Wildman–Crippen LogP) is 5.94. The first-order valence-electron chi connectivity index (χ1n) is 13.1. The first-order chi connectivity index (χ1) is 19.9. The van der Waals surface area contributed by atoms with E-state index in [4.69, 9.17) is 5.73 Å². The Morgan fingerprint density at radius 2 is 1.60 bits per heavy atom. The highest BCUT2D eigenvalue weighted by atomic mass is 32.1. The fourth-order valence-corrected chi connectivity index (χ4v) is 5.55. The number of benzene rings is 2. The van der Waals surface area contributed by atoms with Gasteiger partial charge in [0.2, 0.25) is 0 Å². The van der Waals surface area contributed by atoms with Crippen molar-refractivity contribution in [2.45, 2.75) is 39.7 Å². The molecule has 42 heavy (non-hydrogen) atoms. The number of amides is 2. The second-order valence-corrected chi connectivity index (χ2v) is 11.2. The van der Waals surface area contributed by atoms with Crippen LogP contribution in [0.5, 0.6) is 0 Å². The summed E-state index contributed by atoms with van der Waals surface area (Å²) in [7, 11) is 0. The molecule has 0 atom stereocenters. The number of nitrogens with one attached hydrogen (secondary N) is 1. The number of primary amides is 1. The number of pyridine rings is 1. The number of nitrogens with two attached hydrogens (primary N) is 1. The number of nitrogens with zero attached hydrogens (tertiary/aromatic N) is 1. The lowest BCUT2D eigenvalue weighted by Gasteiger charge is -2.18. The molecule has 0 aliphatic carbocycles. The molecule has 4 aromatic rings. The number of aromatic carboxylic acids is 1. The normalized spacial score (nSPS) is 11.1. The molecular formula is C31H28F3N3O4S. The minimum atomic E-state index is -1.32. The van der Waals surface area contributed by atoms with Gasteiger partial charge in [-0.3, -0.25) is 14.6 Å². The van der Waals surface area contributed by atoms with Crippen molar-refractivity contribution in [3.8, 4) is 10.4 Å². The van der Waals surface area contributed by atoms with Gasteiger partial charge in [0.25, 0.3) is 11.8 Å². The summed E-state index contributed by atoms with van der Waals surface area (Å²) in [4.78, 5) is 43.5. The number of thiophene rings is 1. The first-order valence-corrected chi connectivity index (χ1v) is 13.9. The minimum Gasteiger partial charge on any atom is -0.478 e. The fourth-order valence-electron chi connectivity index (χ4n) is 4.57. The van der Waals surface area contributed by atoms with Gasteiger partial charge in [0.15, 0.2) is 11.6 Å². The van der Waals surface area contributed by atoms with Crippen LogP contribution < -0.4 is 11.1 Å². The van der Waals surface area contributed by atoms with Gasteiger partial charge in [-0.05, 0) is 72.7 Å². The van der Waals surface area contributed by atoms with Crippen LogP contribution >= 0.6 is 11.3 Å². The van der Waals surface area contributed by atoms with Crippen molar-refractivity contribution < 1.29 is 32.7 Å². The maximum atomic E-state index is 13.5. The molecule has 0 saturated carbocycles. The summed E-state index contributed by atoms with van der Waals surface area (Å²) < 4.78 is 40.2. The molecule has 218 valence electrons. The highest BCUT2D eigenvalue weighted by Crippen LogP contribution is 2.37. The SMILES string of the molecule is CC(C)Cc1nc(CCc2ccc(F)cc2)c(C(=O)O)c(-c2ccc(C(=O)NCc3ccc(F)c(F)c3)s2)c1C(N)=O. The lowest BCUT2D eigenvalue weighted by molar-refractivity contribution is 0.0695. The largest absolute Gasteiger partial charge is 0.478 e. The third-order valence-electron chi connectivity index (χ3n) is 6.49. The van der Waals surface area contributed by atoms with E-state index in [-0.39, 0.29) is 46.1 Å². The second-order valence-electron chi connectivity index (χ2n) is 10.1. The number of carbonyl (C=O) groups is 3. The number of hydrogen-bond donors (Lipinski definition) is 3. The highest BCUT2D eigenvalue weighted by molar-refractivity contribution is 7.17. The molecule has 2 aromatic carbocycles. The molecule has 0 fully saturated rings. The summed E-state index contributed by atoms with van der Waals surface area (Å²) in [5.41, 5.74) is 7.36. The van der Waals surface area contributed by atoms with Crippen molar-refractivity contribution in [2.24, 2.45) is 11.7 Å². The Hall–Kier alpha value is -4.51. The molecule has 4 N–H and O–H groups in total. The van der Waals surface area contributed by atoms with E-state index < -0.39 is 35.2 Å². The maximum absolute atomic E-state index is 13.5. The summed E-state index contributed by atoms with van der Waals surface area (Å²) in [5, 5.41) is 12.9. The third kappa shape index (κ3) is 7.03. The molecule has 0 radical (unpaired) electrons. The first kappa shape index (κ1) is 30.4. The van der Waals surface area contributed by atoms with E-state index in [2.05, 4.69) is 10.3 Å². The van der Waals surface area contributed by atoms with Crippen LogP contribution in [0.15, 0.2) is 54.6 Å². The topological polar surface area (TPSA) is 122 Å². The van der Waals surface area contributed by atoms with Gasteiger partial charge in [-0.2, -0.15) is 0 Å². The Balaban J connectivity index is 1.75.